The molecule has 0 aliphatic heterocycles. The van der Waals surface area contributed by atoms with Gasteiger partial charge in [-0.1, -0.05) is 29.3 Å². The van der Waals surface area contributed by atoms with Crippen LogP contribution in [0.25, 0.3) is 0 Å². The largest absolute Gasteiger partial charge is 0.320 e. The van der Waals surface area contributed by atoms with Crippen molar-refractivity contribution in [2.45, 2.75) is 12.8 Å². The fourth-order valence-corrected chi connectivity index (χ4v) is 1.65. The Morgan fingerprint density at radius 1 is 1.17 bits per heavy atom. The van der Waals surface area contributed by atoms with E-state index >= 15 is 0 Å². The van der Waals surface area contributed by atoms with Gasteiger partial charge >= 0.3 is 0 Å². The number of halogens is 2. The van der Waals surface area contributed by atoms with Crippen molar-refractivity contribution in [1.29, 1.82) is 0 Å². The molecule has 0 saturated heterocycles. The smallest absolute Gasteiger partial charge is 0.0690 e. The highest BCUT2D eigenvalue weighted by Crippen LogP contribution is 2.22. The third-order valence-corrected chi connectivity index (χ3v) is 2.95. The SMILES string of the molecule is CNCCCc1ccc(Cl)c(Cl)c1.c1cn[nH]n1. The monoisotopic (exact) mass is 286 g/mol. The zero-order valence-electron chi connectivity index (χ0n) is 10.2. The number of aromatic nitrogens is 3. The molecule has 4 nitrogen and oxygen atoms in total. The van der Waals surface area contributed by atoms with Crippen LogP contribution < -0.4 is 5.32 Å². The van der Waals surface area contributed by atoms with Crippen LogP contribution in [0.5, 0.6) is 0 Å². The topological polar surface area (TPSA) is 53.6 Å². The van der Waals surface area contributed by atoms with Gasteiger partial charge in [-0.2, -0.15) is 15.4 Å². The summed E-state index contributed by atoms with van der Waals surface area (Å²) in [6.07, 6.45) is 5.33. The summed E-state index contributed by atoms with van der Waals surface area (Å²) in [5.74, 6) is 0. The molecule has 0 saturated carbocycles. The van der Waals surface area contributed by atoms with Crippen molar-refractivity contribution in [3.05, 3.63) is 46.2 Å². The van der Waals surface area contributed by atoms with Crippen LogP contribution in [-0.2, 0) is 6.42 Å². The van der Waals surface area contributed by atoms with E-state index in [2.05, 4.69) is 20.7 Å². The molecule has 0 bridgehead atoms. The molecule has 98 valence electrons. The van der Waals surface area contributed by atoms with E-state index in [0.29, 0.717) is 10.0 Å². The Hall–Kier alpha value is -1.10. The van der Waals surface area contributed by atoms with Crippen molar-refractivity contribution < 1.29 is 0 Å². The Morgan fingerprint density at radius 3 is 2.39 bits per heavy atom. The summed E-state index contributed by atoms with van der Waals surface area (Å²) in [4.78, 5) is 0. The van der Waals surface area contributed by atoms with Crippen molar-refractivity contribution in [3.63, 3.8) is 0 Å². The second kappa shape index (κ2) is 8.91. The number of H-pyrrole nitrogens is 1. The summed E-state index contributed by atoms with van der Waals surface area (Å²) in [5, 5.41) is 13.7. The van der Waals surface area contributed by atoms with Crippen molar-refractivity contribution in [2.75, 3.05) is 13.6 Å². The minimum atomic E-state index is 0.624. The number of hydrogen-bond donors (Lipinski definition) is 2. The molecule has 1 aromatic carbocycles. The standard InChI is InChI=1S/C10H13Cl2N.C2H3N3/c1-13-6-2-3-8-4-5-9(11)10(12)7-8;1-2-4-5-3-1/h4-5,7,13H,2-3,6H2,1H3;1-2H,(H,3,4,5). The fourth-order valence-electron chi connectivity index (χ4n) is 1.33. The molecular formula is C12H16Cl2N4. The van der Waals surface area contributed by atoms with E-state index < -0.39 is 0 Å². The quantitative estimate of drug-likeness (QED) is 0.850. The molecule has 2 rings (SSSR count). The molecule has 2 aromatic rings. The predicted octanol–water partition coefficient (Wildman–Crippen LogP) is 2.95. The first-order chi connectivity index (χ1) is 8.74. The first-order valence-corrected chi connectivity index (χ1v) is 6.38. The number of hydrogen-bond acceptors (Lipinski definition) is 3. The summed E-state index contributed by atoms with van der Waals surface area (Å²) < 4.78 is 0. The van der Waals surface area contributed by atoms with Crippen molar-refractivity contribution in [1.82, 2.24) is 20.7 Å². The van der Waals surface area contributed by atoms with Crippen LogP contribution in [0.4, 0.5) is 0 Å². The van der Waals surface area contributed by atoms with E-state index in [0.717, 1.165) is 19.4 Å². The highest BCUT2D eigenvalue weighted by Gasteiger charge is 1.98. The number of benzene rings is 1. The van der Waals surface area contributed by atoms with Crippen LogP contribution in [0.2, 0.25) is 10.0 Å². The highest BCUT2D eigenvalue weighted by atomic mass is 35.5. The van der Waals surface area contributed by atoms with Crippen molar-refractivity contribution in [2.24, 2.45) is 0 Å². The summed E-state index contributed by atoms with van der Waals surface area (Å²) in [6.45, 7) is 1.03. The molecule has 1 heterocycles. The minimum Gasteiger partial charge on any atom is -0.320 e. The van der Waals surface area contributed by atoms with Crippen LogP contribution in [-0.4, -0.2) is 29.0 Å². The second-order valence-electron chi connectivity index (χ2n) is 3.61. The first kappa shape index (κ1) is 15.0. The van der Waals surface area contributed by atoms with Crippen LogP contribution in [0.15, 0.2) is 30.6 Å². The van der Waals surface area contributed by atoms with Gasteiger partial charge < -0.3 is 5.32 Å². The van der Waals surface area contributed by atoms with Gasteiger partial charge in [0.1, 0.15) is 0 Å². The Bertz CT molecular complexity index is 414. The van der Waals surface area contributed by atoms with Gasteiger partial charge in [0.25, 0.3) is 0 Å². The molecular weight excluding hydrogens is 271 g/mol. The molecule has 0 aliphatic rings. The highest BCUT2D eigenvalue weighted by molar-refractivity contribution is 6.42. The van der Waals surface area contributed by atoms with Crippen LogP contribution in [0.3, 0.4) is 0 Å². The molecule has 0 amide bonds. The lowest BCUT2D eigenvalue weighted by atomic mass is 10.1. The van der Waals surface area contributed by atoms with E-state index in [1.165, 1.54) is 5.56 Å². The maximum absolute atomic E-state index is 5.88. The van der Waals surface area contributed by atoms with Gasteiger partial charge in [-0.15, -0.1) is 0 Å². The Kier molecular flexibility index (Phi) is 7.41. The molecule has 18 heavy (non-hydrogen) atoms. The fraction of sp³-hybridized carbons (Fsp3) is 0.333. The average Bonchev–Trinajstić information content (AvgIpc) is 2.93. The van der Waals surface area contributed by atoms with Gasteiger partial charge in [0.2, 0.25) is 0 Å². The number of aromatic amines is 1. The summed E-state index contributed by atoms with van der Waals surface area (Å²) in [6, 6.07) is 5.79. The lowest BCUT2D eigenvalue weighted by Gasteiger charge is -2.02. The van der Waals surface area contributed by atoms with Gasteiger partial charge in [0.15, 0.2) is 0 Å². The van der Waals surface area contributed by atoms with Gasteiger partial charge in [-0.25, -0.2) is 0 Å². The first-order valence-electron chi connectivity index (χ1n) is 5.62. The maximum atomic E-state index is 5.88. The maximum Gasteiger partial charge on any atom is 0.0690 e. The lowest BCUT2D eigenvalue weighted by Crippen LogP contribution is -2.08. The van der Waals surface area contributed by atoms with E-state index in [1.54, 1.807) is 12.4 Å². The van der Waals surface area contributed by atoms with Gasteiger partial charge in [-0.3, -0.25) is 0 Å². The lowest BCUT2D eigenvalue weighted by molar-refractivity contribution is 0.725. The predicted molar refractivity (Wildman–Crippen MR) is 75.1 cm³/mol. The zero-order chi connectivity index (χ0) is 13.2. The van der Waals surface area contributed by atoms with Gasteiger partial charge in [0, 0.05) is 0 Å². The Labute approximate surface area is 117 Å². The summed E-state index contributed by atoms with van der Waals surface area (Å²) in [5.41, 5.74) is 1.24. The van der Waals surface area contributed by atoms with Crippen molar-refractivity contribution in [3.8, 4) is 0 Å². The van der Waals surface area contributed by atoms with E-state index in [1.807, 2.05) is 25.2 Å². The molecule has 0 unspecified atom stereocenters. The Morgan fingerprint density at radius 2 is 1.89 bits per heavy atom. The Balaban J connectivity index is 0.000000269. The van der Waals surface area contributed by atoms with Gasteiger partial charge in [0.05, 0.1) is 22.4 Å². The average molecular weight is 287 g/mol. The van der Waals surface area contributed by atoms with Crippen molar-refractivity contribution >= 4 is 23.2 Å². The van der Waals surface area contributed by atoms with E-state index in [9.17, 15) is 0 Å². The molecule has 0 radical (unpaired) electrons. The number of rotatable bonds is 4. The summed E-state index contributed by atoms with van der Waals surface area (Å²) >= 11 is 11.7. The van der Waals surface area contributed by atoms with E-state index in [4.69, 9.17) is 23.2 Å². The number of nitrogens with zero attached hydrogens (tertiary/aromatic N) is 2. The van der Waals surface area contributed by atoms with Crippen LogP contribution >= 0.6 is 23.2 Å². The summed E-state index contributed by atoms with van der Waals surface area (Å²) in [7, 11) is 1.95. The molecule has 0 spiro atoms. The van der Waals surface area contributed by atoms with E-state index in [-0.39, 0.29) is 0 Å². The molecule has 0 fully saturated rings. The molecule has 6 heteroatoms. The normalized spacial score (nSPS) is 9.72. The zero-order valence-corrected chi connectivity index (χ0v) is 11.7. The van der Waals surface area contributed by atoms with Gasteiger partial charge in [-0.05, 0) is 44.1 Å². The van der Waals surface area contributed by atoms with Crippen LogP contribution in [0, 0.1) is 0 Å². The number of nitrogens with one attached hydrogen (secondary N) is 2. The number of aryl methyl sites for hydroxylation is 1. The third-order valence-electron chi connectivity index (χ3n) is 2.21. The molecule has 0 aliphatic carbocycles. The molecule has 2 N–H and O–H groups in total. The minimum absolute atomic E-state index is 0.624. The molecule has 0 atom stereocenters. The second-order valence-corrected chi connectivity index (χ2v) is 4.43. The third kappa shape index (κ3) is 6.00. The molecule has 1 aromatic heterocycles. The van der Waals surface area contributed by atoms with Crippen LogP contribution in [0.1, 0.15) is 12.0 Å².